The number of piperidine rings is 1. The Balaban J connectivity index is 0.00000261. The van der Waals surface area contributed by atoms with Gasteiger partial charge in [-0.15, -0.1) is 34.2 Å². The van der Waals surface area contributed by atoms with E-state index in [1.807, 2.05) is 35.7 Å². The molecule has 0 saturated carbocycles. The average Bonchev–Trinajstić information content (AvgIpc) is 3.06. The van der Waals surface area contributed by atoms with Crippen LogP contribution < -0.4 is 11.1 Å². The maximum absolute atomic E-state index is 11.7. The van der Waals surface area contributed by atoms with E-state index < -0.39 is 0 Å². The number of likely N-dealkylation sites (tertiary alicyclic amines) is 1. The maximum atomic E-state index is 11.7. The summed E-state index contributed by atoms with van der Waals surface area (Å²) in [4.78, 5) is 17.8. The number of aromatic nitrogens is 3. The van der Waals surface area contributed by atoms with Crippen molar-refractivity contribution in [2.75, 3.05) is 26.2 Å². The van der Waals surface area contributed by atoms with Gasteiger partial charge in [0.15, 0.2) is 11.6 Å². The second-order valence-corrected chi connectivity index (χ2v) is 6.17. The lowest BCUT2D eigenvalue weighted by atomic mass is 10.1. The number of guanidine groups is 1. The third-order valence-corrected chi connectivity index (χ3v) is 4.37. The Morgan fingerprint density at radius 3 is 2.89 bits per heavy atom. The van der Waals surface area contributed by atoms with E-state index in [-0.39, 0.29) is 36.1 Å². The van der Waals surface area contributed by atoms with Crippen LogP contribution in [0.25, 0.3) is 5.65 Å². The van der Waals surface area contributed by atoms with Gasteiger partial charge in [-0.3, -0.25) is 9.39 Å². The second-order valence-electron chi connectivity index (χ2n) is 6.17. The van der Waals surface area contributed by atoms with E-state index in [2.05, 4.69) is 20.5 Å². The summed E-state index contributed by atoms with van der Waals surface area (Å²) in [6.07, 6.45) is 4.00. The number of nitrogens with two attached hydrogens (primary N) is 1. The lowest BCUT2D eigenvalue weighted by Gasteiger charge is -2.31. The summed E-state index contributed by atoms with van der Waals surface area (Å²) in [5, 5.41) is 11.5. The van der Waals surface area contributed by atoms with Crippen molar-refractivity contribution in [2.24, 2.45) is 10.7 Å². The number of hydrogen-bond donors (Lipinski definition) is 2. The van der Waals surface area contributed by atoms with Crippen LogP contribution in [-0.4, -0.2) is 63.8 Å². The first-order chi connectivity index (χ1) is 12.7. The third-order valence-electron chi connectivity index (χ3n) is 4.37. The Labute approximate surface area is 175 Å². The summed E-state index contributed by atoms with van der Waals surface area (Å²) >= 11 is 0. The molecule has 3 rings (SSSR count). The molecule has 1 amide bonds. The average molecular weight is 487 g/mol. The molecule has 0 unspecified atom stereocenters. The van der Waals surface area contributed by atoms with E-state index in [0.717, 1.165) is 24.3 Å². The Kier molecular flexibility index (Phi) is 8.07. The topological polar surface area (TPSA) is 110 Å². The number of aliphatic imine (C=N–C) groups is 1. The molecule has 148 valence electrons. The van der Waals surface area contributed by atoms with Gasteiger partial charge in [-0.2, -0.15) is 0 Å². The van der Waals surface area contributed by atoms with Crippen LogP contribution in [0.1, 0.15) is 25.6 Å². The molecule has 0 spiro atoms. The molecule has 1 aliphatic heterocycles. The molecule has 27 heavy (non-hydrogen) atoms. The predicted molar refractivity (Wildman–Crippen MR) is 113 cm³/mol. The van der Waals surface area contributed by atoms with Gasteiger partial charge in [0, 0.05) is 38.3 Å². The summed E-state index contributed by atoms with van der Waals surface area (Å²) in [5.74, 6) is 1.29. The van der Waals surface area contributed by atoms with E-state index >= 15 is 0 Å². The van der Waals surface area contributed by atoms with Gasteiger partial charge in [0.2, 0.25) is 0 Å². The van der Waals surface area contributed by atoms with Crippen molar-refractivity contribution in [1.29, 1.82) is 0 Å². The maximum Gasteiger partial charge on any atom is 0.409 e. The summed E-state index contributed by atoms with van der Waals surface area (Å²) in [7, 11) is 0. The molecule has 1 aliphatic rings. The minimum absolute atomic E-state index is 0. The fraction of sp³-hybridized carbons (Fsp3) is 0.529. The van der Waals surface area contributed by atoms with Crippen molar-refractivity contribution in [3.05, 3.63) is 30.2 Å². The standard InChI is InChI=1S/C17H25N7O2.HI/c1-2-26-17(25)23-11-7-13(8-12-23)20-16(18)19-9-6-15-22-21-14-5-3-4-10-24(14)15;/h3-5,10,13H,2,6-9,11-12H2,1H3,(H3,18,19,20);1H. The second kappa shape index (κ2) is 10.3. The number of halogens is 1. The number of pyridine rings is 1. The summed E-state index contributed by atoms with van der Waals surface area (Å²) in [6, 6.07) is 6.01. The molecular weight excluding hydrogens is 461 g/mol. The van der Waals surface area contributed by atoms with Crippen molar-refractivity contribution in [1.82, 2.24) is 24.8 Å². The quantitative estimate of drug-likeness (QED) is 0.375. The minimum atomic E-state index is -0.242. The Morgan fingerprint density at radius 1 is 1.37 bits per heavy atom. The first-order valence-corrected chi connectivity index (χ1v) is 8.94. The Morgan fingerprint density at radius 2 is 2.15 bits per heavy atom. The number of fused-ring (bicyclic) bond motifs is 1. The first kappa shape index (κ1) is 21.2. The number of amides is 1. The van der Waals surface area contributed by atoms with E-state index in [9.17, 15) is 4.79 Å². The largest absolute Gasteiger partial charge is 0.450 e. The highest BCUT2D eigenvalue weighted by Crippen LogP contribution is 2.11. The van der Waals surface area contributed by atoms with Crippen LogP contribution in [0, 0.1) is 0 Å². The Bertz CT molecular complexity index is 771. The van der Waals surface area contributed by atoms with E-state index in [4.69, 9.17) is 10.5 Å². The molecule has 0 aliphatic carbocycles. The molecular formula is C17H26IN7O2. The fourth-order valence-electron chi connectivity index (χ4n) is 3.01. The van der Waals surface area contributed by atoms with E-state index in [0.29, 0.717) is 38.6 Å². The number of nitrogens with zero attached hydrogens (tertiary/aromatic N) is 5. The molecule has 2 aromatic rings. The SMILES string of the molecule is CCOC(=O)N1CCC(NC(N)=NCCc2nnc3ccccn23)CC1.I. The zero-order valence-corrected chi connectivity index (χ0v) is 17.7. The van der Waals surface area contributed by atoms with Crippen LogP contribution in [0.5, 0.6) is 0 Å². The molecule has 0 aromatic carbocycles. The van der Waals surface area contributed by atoms with Gasteiger partial charge in [-0.05, 0) is 31.9 Å². The minimum Gasteiger partial charge on any atom is -0.450 e. The van der Waals surface area contributed by atoms with Crippen LogP contribution >= 0.6 is 24.0 Å². The lowest BCUT2D eigenvalue weighted by molar-refractivity contribution is 0.0963. The van der Waals surface area contributed by atoms with Crippen molar-refractivity contribution in [2.45, 2.75) is 32.2 Å². The van der Waals surface area contributed by atoms with Crippen molar-refractivity contribution in [3.8, 4) is 0 Å². The lowest BCUT2D eigenvalue weighted by Crippen LogP contribution is -2.48. The van der Waals surface area contributed by atoms with Crippen LogP contribution in [0.15, 0.2) is 29.4 Å². The normalized spacial score (nSPS) is 15.4. The number of ether oxygens (including phenoxy) is 1. The molecule has 2 aromatic heterocycles. The molecule has 1 fully saturated rings. The fourth-order valence-corrected chi connectivity index (χ4v) is 3.01. The molecule has 0 atom stereocenters. The molecule has 1 saturated heterocycles. The van der Waals surface area contributed by atoms with Gasteiger partial charge in [-0.25, -0.2) is 4.79 Å². The third kappa shape index (κ3) is 5.68. The predicted octanol–water partition coefficient (Wildman–Crippen LogP) is 1.42. The van der Waals surface area contributed by atoms with Gasteiger partial charge in [-0.1, -0.05) is 6.07 Å². The number of hydrogen-bond acceptors (Lipinski definition) is 5. The molecule has 0 bridgehead atoms. The zero-order chi connectivity index (χ0) is 18.4. The van der Waals surface area contributed by atoms with Crippen molar-refractivity contribution >= 4 is 41.7 Å². The molecule has 3 N–H and O–H groups in total. The van der Waals surface area contributed by atoms with E-state index in [1.165, 1.54) is 0 Å². The van der Waals surface area contributed by atoms with Crippen LogP contribution in [0.4, 0.5) is 4.79 Å². The highest BCUT2D eigenvalue weighted by molar-refractivity contribution is 14.0. The smallest absolute Gasteiger partial charge is 0.409 e. The highest BCUT2D eigenvalue weighted by Gasteiger charge is 2.23. The van der Waals surface area contributed by atoms with Crippen molar-refractivity contribution in [3.63, 3.8) is 0 Å². The van der Waals surface area contributed by atoms with Gasteiger partial charge in [0.05, 0.1) is 6.61 Å². The Hall–Kier alpha value is -2.11. The number of carbonyl (C=O) groups is 1. The van der Waals surface area contributed by atoms with Crippen LogP contribution in [0.2, 0.25) is 0 Å². The monoisotopic (exact) mass is 487 g/mol. The summed E-state index contributed by atoms with van der Waals surface area (Å²) in [6.45, 7) is 4.07. The van der Waals surface area contributed by atoms with E-state index in [1.54, 1.807) is 4.90 Å². The number of rotatable bonds is 5. The first-order valence-electron chi connectivity index (χ1n) is 8.94. The molecule has 3 heterocycles. The van der Waals surface area contributed by atoms with Gasteiger partial charge >= 0.3 is 6.09 Å². The molecule has 0 radical (unpaired) electrons. The van der Waals surface area contributed by atoms with Crippen LogP contribution in [0.3, 0.4) is 0 Å². The number of carbonyl (C=O) groups excluding carboxylic acids is 1. The van der Waals surface area contributed by atoms with Gasteiger partial charge in [0.1, 0.15) is 5.82 Å². The van der Waals surface area contributed by atoms with Gasteiger partial charge in [0.25, 0.3) is 0 Å². The van der Waals surface area contributed by atoms with Gasteiger partial charge < -0.3 is 20.7 Å². The summed E-state index contributed by atoms with van der Waals surface area (Å²) < 4.78 is 6.97. The molecule has 9 nitrogen and oxygen atoms in total. The van der Waals surface area contributed by atoms with Crippen molar-refractivity contribution < 1.29 is 9.53 Å². The number of nitrogens with one attached hydrogen (secondary N) is 1. The zero-order valence-electron chi connectivity index (χ0n) is 15.4. The highest BCUT2D eigenvalue weighted by atomic mass is 127. The molecule has 10 heteroatoms. The van der Waals surface area contributed by atoms with Crippen LogP contribution in [-0.2, 0) is 11.2 Å². The summed E-state index contributed by atoms with van der Waals surface area (Å²) in [5.41, 5.74) is 6.81.